The maximum absolute atomic E-state index is 12.4. The molecular formula is C21H16ClN3O2S. The molecule has 28 heavy (non-hydrogen) atoms. The first-order chi connectivity index (χ1) is 13.7. The van der Waals surface area contributed by atoms with E-state index < -0.39 is 0 Å². The van der Waals surface area contributed by atoms with Crippen molar-refractivity contribution in [2.45, 2.75) is 12.8 Å². The number of nitrogens with one attached hydrogen (secondary N) is 1. The molecule has 2 aromatic heterocycles. The Morgan fingerprint density at radius 3 is 2.68 bits per heavy atom. The molecule has 0 fully saturated rings. The minimum absolute atomic E-state index is 0.102. The largest absolute Gasteiger partial charge is 0.339 e. The Morgan fingerprint density at radius 1 is 1.07 bits per heavy atom. The fourth-order valence-corrected chi connectivity index (χ4v) is 3.64. The van der Waals surface area contributed by atoms with Crippen molar-refractivity contribution in [1.82, 2.24) is 10.1 Å². The van der Waals surface area contributed by atoms with Crippen molar-refractivity contribution in [3.05, 3.63) is 77.0 Å². The van der Waals surface area contributed by atoms with Crippen LogP contribution in [-0.2, 0) is 11.2 Å². The summed E-state index contributed by atoms with van der Waals surface area (Å²) in [6.07, 6.45) is 0.620. The van der Waals surface area contributed by atoms with E-state index in [1.807, 2.05) is 53.9 Å². The molecule has 4 aromatic rings. The van der Waals surface area contributed by atoms with Gasteiger partial charge in [0.05, 0.1) is 0 Å². The zero-order valence-electron chi connectivity index (χ0n) is 14.8. The van der Waals surface area contributed by atoms with Gasteiger partial charge in [-0.15, -0.1) is 11.3 Å². The lowest BCUT2D eigenvalue weighted by Crippen LogP contribution is -2.13. The normalized spacial score (nSPS) is 10.8. The Labute approximate surface area is 171 Å². The van der Waals surface area contributed by atoms with E-state index in [1.54, 1.807) is 23.5 Å². The maximum atomic E-state index is 12.4. The van der Waals surface area contributed by atoms with E-state index in [1.165, 1.54) is 0 Å². The molecule has 1 N–H and O–H groups in total. The fourth-order valence-electron chi connectivity index (χ4n) is 2.74. The van der Waals surface area contributed by atoms with E-state index in [4.69, 9.17) is 16.1 Å². The lowest BCUT2D eigenvalue weighted by Gasteiger charge is -2.09. The third kappa shape index (κ3) is 4.30. The minimum atomic E-state index is -0.102. The van der Waals surface area contributed by atoms with Gasteiger partial charge in [-0.1, -0.05) is 41.0 Å². The predicted octanol–water partition coefficient (Wildman–Crippen LogP) is 5.69. The summed E-state index contributed by atoms with van der Waals surface area (Å²) in [5.74, 6) is 0.803. The summed E-state index contributed by atoms with van der Waals surface area (Å²) in [6.45, 7) is 0. The highest BCUT2D eigenvalue weighted by atomic mass is 35.5. The van der Waals surface area contributed by atoms with Gasteiger partial charge in [0.15, 0.2) is 0 Å². The highest BCUT2D eigenvalue weighted by molar-refractivity contribution is 7.13. The first-order valence-electron chi connectivity index (χ1n) is 8.70. The third-order valence-electron chi connectivity index (χ3n) is 4.12. The van der Waals surface area contributed by atoms with E-state index in [2.05, 4.69) is 15.5 Å². The van der Waals surface area contributed by atoms with Gasteiger partial charge in [-0.05, 0) is 41.8 Å². The number of hydrogen-bond acceptors (Lipinski definition) is 5. The number of amides is 1. The quantitative estimate of drug-likeness (QED) is 0.444. The van der Waals surface area contributed by atoms with Crippen molar-refractivity contribution in [3.63, 3.8) is 0 Å². The molecule has 0 radical (unpaired) electrons. The van der Waals surface area contributed by atoms with Gasteiger partial charge in [0.2, 0.25) is 17.6 Å². The molecule has 0 aliphatic carbocycles. The van der Waals surface area contributed by atoms with Gasteiger partial charge >= 0.3 is 0 Å². The minimum Gasteiger partial charge on any atom is -0.339 e. The Bertz CT molecular complexity index is 1080. The van der Waals surface area contributed by atoms with Crippen LogP contribution < -0.4 is 5.32 Å². The number of carbonyl (C=O) groups excluding carboxylic acids is 1. The van der Waals surface area contributed by atoms with E-state index in [0.717, 1.165) is 21.7 Å². The van der Waals surface area contributed by atoms with Crippen molar-refractivity contribution in [2.24, 2.45) is 0 Å². The Kier molecular flexibility index (Phi) is 5.50. The topological polar surface area (TPSA) is 68.0 Å². The highest BCUT2D eigenvalue weighted by Crippen LogP contribution is 2.31. The zero-order chi connectivity index (χ0) is 19.3. The molecule has 0 unspecified atom stereocenters. The molecule has 5 nitrogen and oxygen atoms in total. The van der Waals surface area contributed by atoms with Crippen molar-refractivity contribution in [2.75, 3.05) is 5.32 Å². The molecular weight excluding hydrogens is 394 g/mol. The summed E-state index contributed by atoms with van der Waals surface area (Å²) < 4.78 is 5.26. The van der Waals surface area contributed by atoms with Crippen molar-refractivity contribution in [3.8, 4) is 21.8 Å². The molecule has 0 saturated carbocycles. The number of rotatable bonds is 6. The van der Waals surface area contributed by atoms with Gasteiger partial charge in [0.25, 0.3) is 0 Å². The van der Waals surface area contributed by atoms with Crippen molar-refractivity contribution >= 4 is 34.5 Å². The molecule has 0 spiro atoms. The van der Waals surface area contributed by atoms with Crippen LogP contribution in [-0.4, -0.2) is 16.0 Å². The Morgan fingerprint density at radius 2 is 1.89 bits per heavy atom. The highest BCUT2D eigenvalue weighted by Gasteiger charge is 2.13. The van der Waals surface area contributed by atoms with Crippen LogP contribution in [0.3, 0.4) is 0 Å². The van der Waals surface area contributed by atoms with Crippen molar-refractivity contribution in [1.29, 1.82) is 0 Å². The smallest absolute Gasteiger partial charge is 0.227 e. The number of anilines is 1. The van der Waals surface area contributed by atoms with Gasteiger partial charge in [-0.3, -0.25) is 4.79 Å². The predicted molar refractivity (Wildman–Crippen MR) is 111 cm³/mol. The summed E-state index contributed by atoms with van der Waals surface area (Å²) in [6, 6.07) is 19.0. The molecule has 0 aliphatic heterocycles. The van der Waals surface area contributed by atoms with E-state index in [-0.39, 0.29) is 12.3 Å². The summed E-state index contributed by atoms with van der Waals surface area (Å²) in [5.41, 5.74) is 2.62. The van der Waals surface area contributed by atoms with Crippen LogP contribution >= 0.6 is 22.9 Å². The van der Waals surface area contributed by atoms with Crippen LogP contribution in [0.1, 0.15) is 12.3 Å². The number of halogens is 1. The SMILES string of the molecule is O=C(CCc1nc(-c2ccc(Cl)cc2)no1)Nc1ccccc1-c1cccs1. The van der Waals surface area contributed by atoms with Gasteiger partial charge in [0.1, 0.15) is 0 Å². The van der Waals surface area contributed by atoms with Crippen molar-refractivity contribution < 1.29 is 9.32 Å². The van der Waals surface area contributed by atoms with Crippen LogP contribution in [0.4, 0.5) is 5.69 Å². The molecule has 0 atom stereocenters. The standard InChI is InChI=1S/C21H16ClN3O2S/c22-15-9-7-14(8-10-15)21-24-20(27-25-21)12-11-19(26)23-17-5-2-1-4-16(17)18-6-3-13-28-18/h1-10,13H,11-12H2,(H,23,26). The third-order valence-corrected chi connectivity index (χ3v) is 5.28. The monoisotopic (exact) mass is 409 g/mol. The first-order valence-corrected chi connectivity index (χ1v) is 9.96. The van der Waals surface area contributed by atoms with Crippen LogP contribution in [0.5, 0.6) is 0 Å². The molecule has 140 valence electrons. The van der Waals surface area contributed by atoms with Crippen LogP contribution in [0.15, 0.2) is 70.6 Å². The number of thiophene rings is 1. The second-order valence-corrected chi connectivity index (χ2v) is 7.47. The molecule has 2 aromatic carbocycles. The van der Waals surface area contributed by atoms with E-state index in [9.17, 15) is 4.79 Å². The van der Waals surface area contributed by atoms with Gasteiger partial charge < -0.3 is 9.84 Å². The van der Waals surface area contributed by atoms with Crippen LogP contribution in [0, 0.1) is 0 Å². The number of hydrogen-bond donors (Lipinski definition) is 1. The molecule has 1 amide bonds. The number of para-hydroxylation sites is 1. The number of benzene rings is 2. The van der Waals surface area contributed by atoms with Gasteiger partial charge in [-0.25, -0.2) is 0 Å². The molecule has 7 heteroatoms. The maximum Gasteiger partial charge on any atom is 0.227 e. The summed E-state index contributed by atoms with van der Waals surface area (Å²) in [5, 5.41) is 9.60. The molecule has 4 rings (SSSR count). The number of aryl methyl sites for hydroxylation is 1. The first kappa shape index (κ1) is 18.4. The Hall–Kier alpha value is -2.96. The average Bonchev–Trinajstić information content (AvgIpc) is 3.40. The molecule has 0 aliphatic rings. The lowest BCUT2D eigenvalue weighted by atomic mass is 10.1. The Balaban J connectivity index is 1.39. The van der Waals surface area contributed by atoms with Crippen LogP contribution in [0.2, 0.25) is 5.02 Å². The van der Waals surface area contributed by atoms with Gasteiger partial charge in [-0.2, -0.15) is 4.98 Å². The van der Waals surface area contributed by atoms with E-state index in [0.29, 0.717) is 23.2 Å². The summed E-state index contributed by atoms with van der Waals surface area (Å²) in [4.78, 5) is 17.9. The second-order valence-electron chi connectivity index (χ2n) is 6.09. The molecule has 0 saturated heterocycles. The molecule has 2 heterocycles. The average molecular weight is 410 g/mol. The number of aromatic nitrogens is 2. The number of nitrogens with zero attached hydrogens (tertiary/aromatic N) is 2. The van der Waals surface area contributed by atoms with Gasteiger partial charge in [0, 0.05) is 39.6 Å². The fraction of sp³-hybridized carbons (Fsp3) is 0.0952. The van der Waals surface area contributed by atoms with Crippen LogP contribution in [0.25, 0.3) is 21.8 Å². The summed E-state index contributed by atoms with van der Waals surface area (Å²) in [7, 11) is 0. The number of carbonyl (C=O) groups is 1. The summed E-state index contributed by atoms with van der Waals surface area (Å²) >= 11 is 7.53. The zero-order valence-corrected chi connectivity index (χ0v) is 16.3. The lowest BCUT2D eigenvalue weighted by molar-refractivity contribution is -0.116. The second kappa shape index (κ2) is 8.37. The van der Waals surface area contributed by atoms with E-state index >= 15 is 0 Å². The molecule has 0 bridgehead atoms.